The largest absolute Gasteiger partial charge is 0.372 e. The topological polar surface area (TPSA) is 15.6 Å². The van der Waals surface area contributed by atoms with E-state index in [1.807, 2.05) is 6.21 Å². The van der Waals surface area contributed by atoms with Crippen molar-refractivity contribution >= 4 is 17.6 Å². The Morgan fingerprint density at radius 2 is 1.77 bits per heavy atom. The van der Waals surface area contributed by atoms with E-state index in [2.05, 4.69) is 35.0 Å². The zero-order valence-electron chi connectivity index (χ0n) is 13.1. The molecule has 1 saturated heterocycles. The van der Waals surface area contributed by atoms with E-state index in [1.54, 1.807) is 19.1 Å². The zero-order chi connectivity index (χ0) is 15.5. The van der Waals surface area contributed by atoms with Crippen molar-refractivity contribution in [3.8, 4) is 0 Å². The van der Waals surface area contributed by atoms with Crippen molar-refractivity contribution in [2.45, 2.75) is 26.7 Å². The number of nitrogens with zero attached hydrogens (tertiary/aromatic N) is 2. The smallest absolute Gasteiger partial charge is 0.126 e. The third-order valence-corrected chi connectivity index (χ3v) is 4.22. The molecule has 0 spiro atoms. The number of hydrogen-bond donors (Lipinski definition) is 0. The summed E-state index contributed by atoms with van der Waals surface area (Å²) in [7, 11) is 0. The van der Waals surface area contributed by atoms with Crippen LogP contribution in [0.15, 0.2) is 41.4 Å². The van der Waals surface area contributed by atoms with Crippen LogP contribution in [0.1, 0.15) is 29.5 Å². The average Bonchev–Trinajstić information content (AvgIpc) is 3.04. The van der Waals surface area contributed by atoms with Crippen LogP contribution in [0.2, 0.25) is 0 Å². The maximum absolute atomic E-state index is 13.3. The van der Waals surface area contributed by atoms with Gasteiger partial charge in [0, 0.05) is 25.0 Å². The van der Waals surface area contributed by atoms with Crippen LogP contribution in [0.4, 0.5) is 15.8 Å². The Labute approximate surface area is 131 Å². The molecule has 0 bridgehead atoms. The molecule has 114 valence electrons. The predicted molar refractivity (Wildman–Crippen MR) is 91.0 cm³/mol. The number of rotatable bonds is 3. The van der Waals surface area contributed by atoms with E-state index >= 15 is 0 Å². The molecule has 1 aliphatic rings. The van der Waals surface area contributed by atoms with E-state index in [1.165, 1.54) is 30.2 Å². The van der Waals surface area contributed by atoms with Crippen LogP contribution < -0.4 is 4.90 Å². The molecule has 0 saturated carbocycles. The van der Waals surface area contributed by atoms with E-state index in [9.17, 15) is 4.39 Å². The van der Waals surface area contributed by atoms with Crippen molar-refractivity contribution < 1.29 is 4.39 Å². The molecular weight excluding hydrogens is 275 g/mol. The lowest BCUT2D eigenvalue weighted by atomic mass is 10.1. The van der Waals surface area contributed by atoms with Gasteiger partial charge in [0.05, 0.1) is 5.69 Å². The molecular formula is C19H21FN2. The second-order valence-corrected chi connectivity index (χ2v) is 5.93. The van der Waals surface area contributed by atoms with Crippen LogP contribution in [0, 0.1) is 19.7 Å². The molecule has 1 aliphatic heterocycles. The number of hydrogen-bond acceptors (Lipinski definition) is 2. The molecule has 0 aromatic heterocycles. The maximum atomic E-state index is 13.3. The Morgan fingerprint density at radius 3 is 2.45 bits per heavy atom. The molecule has 3 heteroatoms. The highest BCUT2D eigenvalue weighted by molar-refractivity contribution is 5.84. The summed E-state index contributed by atoms with van der Waals surface area (Å²) in [5.41, 5.74) is 5.01. The molecule has 1 fully saturated rings. The molecule has 0 atom stereocenters. The minimum atomic E-state index is -0.190. The van der Waals surface area contributed by atoms with Gasteiger partial charge in [0.1, 0.15) is 5.82 Å². The van der Waals surface area contributed by atoms with Gasteiger partial charge in [-0.05, 0) is 73.7 Å². The Balaban J connectivity index is 1.79. The molecule has 3 rings (SSSR count). The summed E-state index contributed by atoms with van der Waals surface area (Å²) in [6, 6.07) is 11.4. The van der Waals surface area contributed by atoms with Crippen LogP contribution >= 0.6 is 0 Å². The third-order valence-electron chi connectivity index (χ3n) is 4.22. The molecule has 0 amide bonds. The standard InChI is InChI=1S/C19H21FN2/c1-14-12-18(22-9-3-4-10-22)7-5-16(14)13-21-17-6-8-19(20)15(2)11-17/h5-8,11-13H,3-4,9-10H2,1-2H3. The highest BCUT2D eigenvalue weighted by atomic mass is 19.1. The molecule has 2 aromatic rings. The molecule has 0 radical (unpaired) electrons. The summed E-state index contributed by atoms with van der Waals surface area (Å²) in [4.78, 5) is 6.89. The van der Waals surface area contributed by atoms with Crippen LogP contribution in [0.3, 0.4) is 0 Å². The zero-order valence-corrected chi connectivity index (χ0v) is 13.1. The van der Waals surface area contributed by atoms with Gasteiger partial charge in [0.25, 0.3) is 0 Å². The molecule has 2 nitrogen and oxygen atoms in total. The number of aliphatic imine (C=N–C) groups is 1. The number of benzene rings is 2. The summed E-state index contributed by atoms with van der Waals surface area (Å²) in [6.45, 7) is 6.17. The van der Waals surface area contributed by atoms with Gasteiger partial charge in [-0.3, -0.25) is 4.99 Å². The van der Waals surface area contributed by atoms with Gasteiger partial charge in [-0.15, -0.1) is 0 Å². The van der Waals surface area contributed by atoms with Crippen LogP contribution in [-0.2, 0) is 0 Å². The normalized spacial score (nSPS) is 15.0. The van der Waals surface area contributed by atoms with Gasteiger partial charge >= 0.3 is 0 Å². The number of anilines is 1. The average molecular weight is 296 g/mol. The first-order valence-electron chi connectivity index (χ1n) is 7.79. The summed E-state index contributed by atoms with van der Waals surface area (Å²) in [5.74, 6) is -0.190. The van der Waals surface area contributed by atoms with Crippen molar-refractivity contribution in [1.29, 1.82) is 0 Å². The molecule has 1 heterocycles. The second-order valence-electron chi connectivity index (χ2n) is 5.93. The van der Waals surface area contributed by atoms with Crippen molar-refractivity contribution in [2.24, 2.45) is 4.99 Å². The van der Waals surface area contributed by atoms with Crippen LogP contribution in [0.25, 0.3) is 0 Å². The first kappa shape index (κ1) is 14.8. The number of aryl methyl sites for hydroxylation is 2. The van der Waals surface area contributed by atoms with Gasteiger partial charge in [-0.25, -0.2) is 4.39 Å². The summed E-state index contributed by atoms with van der Waals surface area (Å²) in [5, 5.41) is 0. The molecule has 2 aromatic carbocycles. The Bertz CT molecular complexity index is 701. The first-order valence-corrected chi connectivity index (χ1v) is 7.79. The minimum absolute atomic E-state index is 0.190. The predicted octanol–water partition coefficient (Wildman–Crippen LogP) is 4.79. The Hall–Kier alpha value is -2.16. The first-order chi connectivity index (χ1) is 10.6. The summed E-state index contributed by atoms with van der Waals surface area (Å²) < 4.78 is 13.3. The van der Waals surface area contributed by atoms with Crippen molar-refractivity contribution in [2.75, 3.05) is 18.0 Å². The van der Waals surface area contributed by atoms with E-state index in [0.717, 1.165) is 24.3 Å². The molecule has 22 heavy (non-hydrogen) atoms. The van der Waals surface area contributed by atoms with Gasteiger partial charge in [-0.2, -0.15) is 0 Å². The lowest BCUT2D eigenvalue weighted by Gasteiger charge is -2.18. The number of halogens is 1. The van der Waals surface area contributed by atoms with Crippen molar-refractivity contribution in [1.82, 2.24) is 0 Å². The summed E-state index contributed by atoms with van der Waals surface area (Å²) >= 11 is 0. The van der Waals surface area contributed by atoms with Gasteiger partial charge in [-0.1, -0.05) is 6.07 Å². The Morgan fingerprint density at radius 1 is 1.00 bits per heavy atom. The fraction of sp³-hybridized carbons (Fsp3) is 0.316. The fourth-order valence-electron chi connectivity index (χ4n) is 2.83. The monoisotopic (exact) mass is 296 g/mol. The van der Waals surface area contributed by atoms with E-state index < -0.39 is 0 Å². The molecule has 0 unspecified atom stereocenters. The second kappa shape index (κ2) is 6.30. The third kappa shape index (κ3) is 3.19. The van der Waals surface area contributed by atoms with E-state index in [0.29, 0.717) is 5.56 Å². The maximum Gasteiger partial charge on any atom is 0.126 e. The van der Waals surface area contributed by atoms with Crippen molar-refractivity contribution in [3.05, 3.63) is 58.9 Å². The van der Waals surface area contributed by atoms with Gasteiger partial charge in [0.15, 0.2) is 0 Å². The van der Waals surface area contributed by atoms with Gasteiger partial charge in [0.2, 0.25) is 0 Å². The highest BCUT2D eigenvalue weighted by Gasteiger charge is 2.12. The van der Waals surface area contributed by atoms with Crippen LogP contribution in [-0.4, -0.2) is 19.3 Å². The lowest BCUT2D eigenvalue weighted by Crippen LogP contribution is -2.17. The van der Waals surface area contributed by atoms with E-state index in [4.69, 9.17) is 0 Å². The Kier molecular flexibility index (Phi) is 4.23. The summed E-state index contributed by atoms with van der Waals surface area (Å²) in [6.07, 6.45) is 4.42. The minimum Gasteiger partial charge on any atom is -0.372 e. The molecule has 0 N–H and O–H groups in total. The van der Waals surface area contributed by atoms with Crippen molar-refractivity contribution in [3.63, 3.8) is 0 Å². The SMILES string of the molecule is Cc1cc(N=Cc2ccc(N3CCCC3)cc2C)ccc1F. The van der Waals surface area contributed by atoms with Gasteiger partial charge < -0.3 is 4.90 Å². The van der Waals surface area contributed by atoms with E-state index in [-0.39, 0.29) is 5.82 Å². The lowest BCUT2D eigenvalue weighted by molar-refractivity contribution is 0.618. The highest BCUT2D eigenvalue weighted by Crippen LogP contribution is 2.23. The van der Waals surface area contributed by atoms with Crippen LogP contribution in [0.5, 0.6) is 0 Å². The molecule has 0 aliphatic carbocycles. The fourth-order valence-corrected chi connectivity index (χ4v) is 2.83. The quantitative estimate of drug-likeness (QED) is 0.743.